The van der Waals surface area contributed by atoms with Crippen LogP contribution in [0.1, 0.15) is 25.5 Å². The molecular formula is C10H12BrFO2. The van der Waals surface area contributed by atoms with Gasteiger partial charge in [0.2, 0.25) is 0 Å². The molecule has 1 rings (SSSR count). The topological polar surface area (TPSA) is 40.5 Å². The number of rotatable bonds is 2. The molecule has 0 aliphatic heterocycles. The van der Waals surface area contributed by atoms with Crippen LogP contribution in [0.5, 0.6) is 0 Å². The summed E-state index contributed by atoms with van der Waals surface area (Å²) < 4.78 is 13.7. The summed E-state index contributed by atoms with van der Waals surface area (Å²) in [7, 11) is 0. The monoisotopic (exact) mass is 262 g/mol. The summed E-state index contributed by atoms with van der Waals surface area (Å²) >= 11 is 3.01. The lowest BCUT2D eigenvalue weighted by atomic mass is 9.94. The van der Waals surface area contributed by atoms with Crippen LogP contribution in [0.2, 0.25) is 0 Å². The van der Waals surface area contributed by atoms with E-state index < -0.39 is 17.5 Å². The van der Waals surface area contributed by atoms with Crippen molar-refractivity contribution in [2.24, 2.45) is 0 Å². The van der Waals surface area contributed by atoms with Gasteiger partial charge in [-0.2, -0.15) is 0 Å². The third kappa shape index (κ3) is 2.32. The summed E-state index contributed by atoms with van der Waals surface area (Å²) in [5.41, 5.74) is -1.27. The zero-order chi connectivity index (χ0) is 10.9. The molecule has 14 heavy (non-hydrogen) atoms. The molecule has 78 valence electrons. The van der Waals surface area contributed by atoms with Crippen molar-refractivity contribution in [2.75, 3.05) is 0 Å². The van der Waals surface area contributed by atoms with E-state index >= 15 is 0 Å². The normalized spacial score (nSPS) is 14.1. The summed E-state index contributed by atoms with van der Waals surface area (Å²) in [6, 6.07) is 4.59. The van der Waals surface area contributed by atoms with Gasteiger partial charge in [-0.15, -0.1) is 0 Å². The molecule has 0 aliphatic carbocycles. The van der Waals surface area contributed by atoms with Gasteiger partial charge in [0.25, 0.3) is 0 Å². The third-order valence-electron chi connectivity index (χ3n) is 1.95. The summed E-state index contributed by atoms with van der Waals surface area (Å²) in [6.45, 7) is 2.86. The van der Waals surface area contributed by atoms with Gasteiger partial charge >= 0.3 is 0 Å². The Balaban J connectivity index is 3.14. The van der Waals surface area contributed by atoms with Gasteiger partial charge in [0, 0.05) is 5.56 Å². The number of hydrogen-bond donors (Lipinski definition) is 2. The van der Waals surface area contributed by atoms with Crippen LogP contribution < -0.4 is 0 Å². The van der Waals surface area contributed by atoms with Gasteiger partial charge in [-0.3, -0.25) is 0 Å². The lowest BCUT2D eigenvalue weighted by molar-refractivity contribution is -0.0513. The second kappa shape index (κ2) is 3.96. The lowest BCUT2D eigenvalue weighted by Gasteiger charge is -2.25. The van der Waals surface area contributed by atoms with Gasteiger partial charge in [0.05, 0.1) is 10.1 Å². The zero-order valence-electron chi connectivity index (χ0n) is 7.96. The van der Waals surface area contributed by atoms with Gasteiger partial charge in [0.15, 0.2) is 0 Å². The molecule has 4 heteroatoms. The highest BCUT2D eigenvalue weighted by molar-refractivity contribution is 9.10. The smallest absolute Gasteiger partial charge is 0.143 e. The highest BCUT2D eigenvalue weighted by atomic mass is 79.9. The van der Waals surface area contributed by atoms with Gasteiger partial charge < -0.3 is 10.2 Å². The van der Waals surface area contributed by atoms with E-state index in [0.717, 1.165) is 0 Å². The van der Waals surface area contributed by atoms with Crippen molar-refractivity contribution >= 4 is 15.9 Å². The van der Waals surface area contributed by atoms with E-state index in [1.807, 2.05) is 0 Å². The van der Waals surface area contributed by atoms with Gasteiger partial charge in [-0.25, -0.2) is 4.39 Å². The average Bonchev–Trinajstić information content (AvgIpc) is 2.07. The van der Waals surface area contributed by atoms with Crippen molar-refractivity contribution in [1.82, 2.24) is 0 Å². The average molecular weight is 263 g/mol. The lowest BCUT2D eigenvalue weighted by Crippen LogP contribution is -2.29. The molecule has 1 aromatic rings. The van der Waals surface area contributed by atoms with Crippen LogP contribution in [0.15, 0.2) is 22.7 Å². The van der Waals surface area contributed by atoms with Crippen LogP contribution in [0.25, 0.3) is 0 Å². The third-order valence-corrected chi connectivity index (χ3v) is 2.56. The molecule has 1 atom stereocenters. The number of aliphatic hydroxyl groups excluding tert-OH is 1. The Morgan fingerprint density at radius 2 is 2.00 bits per heavy atom. The summed E-state index contributed by atoms with van der Waals surface area (Å²) in [6.07, 6.45) is -1.24. The van der Waals surface area contributed by atoms with E-state index in [0.29, 0.717) is 0 Å². The molecule has 0 fully saturated rings. The van der Waals surface area contributed by atoms with Crippen molar-refractivity contribution in [3.63, 3.8) is 0 Å². The fourth-order valence-corrected chi connectivity index (χ4v) is 1.49. The number of aliphatic hydroxyl groups is 2. The van der Waals surface area contributed by atoms with Crippen molar-refractivity contribution in [3.8, 4) is 0 Å². The molecule has 0 spiro atoms. The predicted molar refractivity (Wildman–Crippen MR) is 55.4 cm³/mol. The van der Waals surface area contributed by atoms with Crippen molar-refractivity contribution in [3.05, 3.63) is 34.1 Å². The Kier molecular flexibility index (Phi) is 3.29. The molecule has 1 aromatic carbocycles. The minimum atomic E-state index is -1.36. The van der Waals surface area contributed by atoms with Crippen molar-refractivity contribution in [2.45, 2.75) is 25.6 Å². The number of hydrogen-bond acceptors (Lipinski definition) is 2. The Labute approximate surface area is 90.5 Å². The minimum Gasteiger partial charge on any atom is -0.387 e. The Morgan fingerprint density at radius 3 is 2.50 bits per heavy atom. The predicted octanol–water partition coefficient (Wildman–Crippen LogP) is 2.39. The summed E-state index contributed by atoms with van der Waals surface area (Å²) in [5.74, 6) is -0.540. The molecule has 0 saturated carbocycles. The molecule has 1 unspecified atom stereocenters. The number of halogens is 2. The Hall–Kier alpha value is -0.450. The van der Waals surface area contributed by atoms with Crippen LogP contribution in [0, 0.1) is 5.82 Å². The van der Waals surface area contributed by atoms with Crippen LogP contribution in [0.3, 0.4) is 0 Å². The molecule has 0 aliphatic rings. The Morgan fingerprint density at radius 1 is 1.43 bits per heavy atom. The molecule has 2 N–H and O–H groups in total. The molecule has 0 saturated heterocycles. The molecule has 0 amide bonds. The summed E-state index contributed by atoms with van der Waals surface area (Å²) in [5, 5.41) is 19.2. The maximum absolute atomic E-state index is 13.5. The number of benzene rings is 1. The summed E-state index contributed by atoms with van der Waals surface area (Å²) in [4.78, 5) is 0. The Bertz CT molecular complexity index is 333. The van der Waals surface area contributed by atoms with Gasteiger partial charge in [-0.1, -0.05) is 12.1 Å². The minimum absolute atomic E-state index is 0.0897. The first-order valence-electron chi connectivity index (χ1n) is 4.18. The molecule has 0 bridgehead atoms. The first kappa shape index (κ1) is 11.6. The molecule has 2 nitrogen and oxygen atoms in total. The van der Waals surface area contributed by atoms with Crippen LogP contribution in [-0.4, -0.2) is 15.8 Å². The van der Waals surface area contributed by atoms with E-state index in [4.69, 9.17) is 0 Å². The highest BCUT2D eigenvalue weighted by Gasteiger charge is 2.28. The maximum Gasteiger partial charge on any atom is 0.143 e. The van der Waals surface area contributed by atoms with Crippen LogP contribution in [0.4, 0.5) is 4.39 Å². The first-order valence-corrected chi connectivity index (χ1v) is 4.97. The van der Waals surface area contributed by atoms with E-state index in [1.165, 1.54) is 26.0 Å². The molecule has 0 heterocycles. The van der Waals surface area contributed by atoms with Crippen LogP contribution >= 0.6 is 15.9 Å². The van der Waals surface area contributed by atoms with Gasteiger partial charge in [-0.05, 0) is 35.8 Å². The van der Waals surface area contributed by atoms with E-state index in [9.17, 15) is 14.6 Å². The van der Waals surface area contributed by atoms with E-state index in [1.54, 1.807) is 6.07 Å². The van der Waals surface area contributed by atoms with Crippen molar-refractivity contribution in [1.29, 1.82) is 0 Å². The first-order chi connectivity index (χ1) is 6.34. The fourth-order valence-electron chi connectivity index (χ4n) is 1.11. The fraction of sp³-hybridized carbons (Fsp3) is 0.400. The maximum atomic E-state index is 13.5. The quantitative estimate of drug-likeness (QED) is 0.860. The standard InChI is InChI=1S/C10H12BrFO2/c1-10(2,14)9(13)6-4-3-5-7(11)8(6)12/h3-5,9,13-14H,1-2H3. The second-order valence-electron chi connectivity index (χ2n) is 3.70. The largest absolute Gasteiger partial charge is 0.387 e. The van der Waals surface area contributed by atoms with E-state index in [-0.39, 0.29) is 10.0 Å². The molecule has 0 radical (unpaired) electrons. The zero-order valence-corrected chi connectivity index (χ0v) is 9.55. The molecule has 0 aromatic heterocycles. The SMILES string of the molecule is CC(C)(O)C(O)c1cccc(Br)c1F. The highest BCUT2D eigenvalue weighted by Crippen LogP contribution is 2.30. The van der Waals surface area contributed by atoms with Gasteiger partial charge in [0.1, 0.15) is 11.9 Å². The van der Waals surface area contributed by atoms with Crippen LogP contribution in [-0.2, 0) is 0 Å². The van der Waals surface area contributed by atoms with E-state index in [2.05, 4.69) is 15.9 Å². The second-order valence-corrected chi connectivity index (χ2v) is 4.55. The van der Waals surface area contributed by atoms with Crippen molar-refractivity contribution < 1.29 is 14.6 Å². The molecular weight excluding hydrogens is 251 g/mol.